The molecule has 1 saturated heterocycles. The number of amides is 1. The first-order chi connectivity index (χ1) is 15.7. The van der Waals surface area contributed by atoms with Gasteiger partial charge in [0.15, 0.2) is 0 Å². The lowest BCUT2D eigenvalue weighted by Crippen LogP contribution is -2.31. The van der Waals surface area contributed by atoms with Crippen LogP contribution in [0.5, 0.6) is 0 Å². The van der Waals surface area contributed by atoms with Gasteiger partial charge >= 0.3 is 0 Å². The summed E-state index contributed by atoms with van der Waals surface area (Å²) >= 11 is 0. The molecule has 0 spiro atoms. The van der Waals surface area contributed by atoms with E-state index >= 15 is 0 Å². The summed E-state index contributed by atoms with van der Waals surface area (Å²) < 4.78 is 1.98. The largest absolute Gasteiger partial charge is 0.355 e. The molecular weight excluding hydrogens is 400 g/mol. The number of nitrogens with zero attached hydrogens (tertiary/aromatic N) is 6. The SMILES string of the molecule is CCn1cc(CN2CCCN(c3ccc(C(=O)N4CCc5ccccc54)cn3)CC2)cn1. The first-order valence-corrected chi connectivity index (χ1v) is 11.6. The number of carbonyl (C=O) groups excluding carboxylic acids is 1. The van der Waals surface area contributed by atoms with Gasteiger partial charge in [0.25, 0.3) is 5.91 Å². The van der Waals surface area contributed by atoms with Gasteiger partial charge in [-0.25, -0.2) is 4.98 Å². The number of anilines is 2. The second-order valence-electron chi connectivity index (χ2n) is 8.56. The number of benzene rings is 1. The molecule has 0 bridgehead atoms. The Kier molecular flexibility index (Phi) is 5.90. The second-order valence-corrected chi connectivity index (χ2v) is 8.56. The lowest BCUT2D eigenvalue weighted by molar-refractivity contribution is 0.0989. The monoisotopic (exact) mass is 430 g/mol. The summed E-state index contributed by atoms with van der Waals surface area (Å²) in [7, 11) is 0. The fourth-order valence-electron chi connectivity index (χ4n) is 4.68. The molecule has 0 aliphatic carbocycles. The number of fused-ring (bicyclic) bond motifs is 1. The summed E-state index contributed by atoms with van der Waals surface area (Å²) in [5.41, 5.74) is 4.18. The van der Waals surface area contributed by atoms with E-state index in [-0.39, 0.29) is 5.91 Å². The van der Waals surface area contributed by atoms with E-state index in [9.17, 15) is 4.79 Å². The maximum absolute atomic E-state index is 13.1. The molecule has 0 atom stereocenters. The minimum Gasteiger partial charge on any atom is -0.355 e. The van der Waals surface area contributed by atoms with Crippen LogP contribution in [0, 0.1) is 0 Å². The van der Waals surface area contributed by atoms with Crippen LogP contribution in [-0.4, -0.2) is 58.3 Å². The average Bonchev–Trinajstić information content (AvgIpc) is 3.40. The number of aromatic nitrogens is 3. The maximum Gasteiger partial charge on any atom is 0.259 e. The van der Waals surface area contributed by atoms with Gasteiger partial charge in [0.2, 0.25) is 0 Å². The molecule has 32 heavy (non-hydrogen) atoms. The number of hydrogen-bond acceptors (Lipinski definition) is 5. The summed E-state index contributed by atoms with van der Waals surface area (Å²) in [4.78, 5) is 24.4. The van der Waals surface area contributed by atoms with Gasteiger partial charge in [0.05, 0.1) is 11.8 Å². The molecule has 2 aromatic heterocycles. The zero-order valence-electron chi connectivity index (χ0n) is 18.7. The van der Waals surface area contributed by atoms with Gasteiger partial charge in [-0.15, -0.1) is 0 Å². The summed E-state index contributed by atoms with van der Waals surface area (Å²) in [6, 6.07) is 12.1. The molecule has 2 aliphatic rings. The normalized spacial score (nSPS) is 16.8. The van der Waals surface area contributed by atoms with E-state index < -0.39 is 0 Å². The molecule has 0 radical (unpaired) electrons. The van der Waals surface area contributed by atoms with Crippen molar-refractivity contribution in [2.75, 3.05) is 42.5 Å². The Labute approximate surface area is 189 Å². The number of hydrogen-bond donors (Lipinski definition) is 0. The van der Waals surface area contributed by atoms with Crippen molar-refractivity contribution in [2.45, 2.75) is 32.9 Å². The van der Waals surface area contributed by atoms with Gasteiger partial charge in [-0.05, 0) is 43.5 Å². The third kappa shape index (κ3) is 4.25. The van der Waals surface area contributed by atoms with E-state index in [0.717, 1.165) is 70.2 Å². The molecule has 0 N–H and O–H groups in total. The van der Waals surface area contributed by atoms with Gasteiger partial charge in [-0.1, -0.05) is 18.2 Å². The van der Waals surface area contributed by atoms with E-state index in [0.29, 0.717) is 5.56 Å². The number of pyridine rings is 1. The van der Waals surface area contributed by atoms with E-state index in [1.165, 1.54) is 11.1 Å². The molecule has 1 fully saturated rings. The van der Waals surface area contributed by atoms with Crippen LogP contribution >= 0.6 is 0 Å². The highest BCUT2D eigenvalue weighted by atomic mass is 16.2. The van der Waals surface area contributed by atoms with Gasteiger partial charge in [0.1, 0.15) is 5.82 Å². The van der Waals surface area contributed by atoms with Crippen molar-refractivity contribution in [1.29, 1.82) is 0 Å². The first kappa shape index (κ1) is 20.7. The maximum atomic E-state index is 13.1. The number of para-hydroxylation sites is 1. The second kappa shape index (κ2) is 9.12. The molecule has 7 nitrogen and oxygen atoms in total. The summed E-state index contributed by atoms with van der Waals surface area (Å²) in [6.07, 6.45) is 7.85. The van der Waals surface area contributed by atoms with Gasteiger partial charge in [-0.2, -0.15) is 5.10 Å². The molecule has 5 rings (SSSR count). The molecule has 1 aromatic carbocycles. The zero-order chi connectivity index (χ0) is 21.9. The van der Waals surface area contributed by atoms with E-state index in [2.05, 4.69) is 39.1 Å². The number of rotatable bonds is 5. The Morgan fingerprint density at radius 1 is 1.00 bits per heavy atom. The van der Waals surface area contributed by atoms with Crippen LogP contribution in [0.1, 0.15) is 34.8 Å². The Hall–Kier alpha value is -3.19. The van der Waals surface area contributed by atoms with Gasteiger partial charge in [0, 0.05) is 69.5 Å². The highest BCUT2D eigenvalue weighted by Gasteiger charge is 2.25. The highest BCUT2D eigenvalue weighted by Crippen LogP contribution is 2.29. The smallest absolute Gasteiger partial charge is 0.259 e. The number of aryl methyl sites for hydroxylation is 1. The Balaban J connectivity index is 1.21. The van der Waals surface area contributed by atoms with E-state index in [4.69, 9.17) is 0 Å². The van der Waals surface area contributed by atoms with Crippen molar-refractivity contribution in [3.63, 3.8) is 0 Å². The third-order valence-electron chi connectivity index (χ3n) is 6.46. The van der Waals surface area contributed by atoms with Crippen LogP contribution in [0.2, 0.25) is 0 Å². The highest BCUT2D eigenvalue weighted by molar-refractivity contribution is 6.07. The predicted molar refractivity (Wildman–Crippen MR) is 126 cm³/mol. The van der Waals surface area contributed by atoms with Crippen LogP contribution in [0.15, 0.2) is 55.0 Å². The van der Waals surface area contributed by atoms with Gasteiger partial charge in [-0.3, -0.25) is 14.4 Å². The quantitative estimate of drug-likeness (QED) is 0.622. The first-order valence-electron chi connectivity index (χ1n) is 11.6. The average molecular weight is 431 g/mol. The Morgan fingerprint density at radius 3 is 2.72 bits per heavy atom. The summed E-state index contributed by atoms with van der Waals surface area (Å²) in [5, 5.41) is 4.39. The lowest BCUT2D eigenvalue weighted by atomic mass is 10.2. The van der Waals surface area contributed by atoms with Crippen molar-refractivity contribution in [3.05, 3.63) is 71.7 Å². The van der Waals surface area contributed by atoms with Crippen LogP contribution in [0.4, 0.5) is 11.5 Å². The third-order valence-corrected chi connectivity index (χ3v) is 6.46. The van der Waals surface area contributed by atoms with Crippen LogP contribution in [-0.2, 0) is 19.5 Å². The molecule has 4 heterocycles. The van der Waals surface area contributed by atoms with E-state index in [1.807, 2.05) is 46.1 Å². The molecule has 2 aliphatic heterocycles. The Morgan fingerprint density at radius 2 is 1.91 bits per heavy atom. The summed E-state index contributed by atoms with van der Waals surface area (Å²) in [5.74, 6) is 0.979. The molecule has 7 heteroatoms. The Bertz CT molecular complexity index is 1080. The summed E-state index contributed by atoms with van der Waals surface area (Å²) in [6.45, 7) is 8.65. The zero-order valence-corrected chi connectivity index (χ0v) is 18.7. The topological polar surface area (TPSA) is 57.5 Å². The minimum absolute atomic E-state index is 0.0312. The molecule has 3 aromatic rings. The molecule has 0 saturated carbocycles. The van der Waals surface area contributed by atoms with Crippen LogP contribution < -0.4 is 9.80 Å². The van der Waals surface area contributed by atoms with Crippen molar-refractivity contribution >= 4 is 17.4 Å². The van der Waals surface area contributed by atoms with E-state index in [1.54, 1.807) is 6.20 Å². The molecular formula is C25H30N6O. The molecule has 1 amide bonds. The van der Waals surface area contributed by atoms with Crippen molar-refractivity contribution in [1.82, 2.24) is 19.7 Å². The standard InChI is InChI=1S/C25H30N6O/c1-2-30-19-20(16-27-30)18-28-11-5-12-29(15-14-28)24-9-8-22(17-26-24)25(32)31-13-10-21-6-3-4-7-23(21)31/h3-4,6-9,16-17,19H,2,5,10-15,18H2,1H3. The van der Waals surface area contributed by atoms with Crippen molar-refractivity contribution < 1.29 is 4.79 Å². The van der Waals surface area contributed by atoms with Gasteiger partial charge < -0.3 is 9.80 Å². The van der Waals surface area contributed by atoms with Crippen molar-refractivity contribution in [2.24, 2.45) is 0 Å². The van der Waals surface area contributed by atoms with Crippen molar-refractivity contribution in [3.8, 4) is 0 Å². The minimum atomic E-state index is 0.0312. The fraction of sp³-hybridized carbons (Fsp3) is 0.400. The molecule has 166 valence electrons. The fourth-order valence-corrected chi connectivity index (χ4v) is 4.68. The number of carbonyl (C=O) groups is 1. The lowest BCUT2D eigenvalue weighted by Gasteiger charge is -2.23. The predicted octanol–water partition coefficient (Wildman–Crippen LogP) is 3.21. The molecule has 0 unspecified atom stereocenters. The van der Waals surface area contributed by atoms with Crippen LogP contribution in [0.3, 0.4) is 0 Å². The van der Waals surface area contributed by atoms with Crippen LogP contribution in [0.25, 0.3) is 0 Å².